The zero-order chi connectivity index (χ0) is 13.1. The van der Waals surface area contributed by atoms with E-state index in [0.717, 1.165) is 11.5 Å². The van der Waals surface area contributed by atoms with E-state index in [1.54, 1.807) is 11.3 Å². The van der Waals surface area contributed by atoms with Crippen LogP contribution in [0.15, 0.2) is 10.8 Å². The number of anilines is 2. The van der Waals surface area contributed by atoms with Crippen molar-refractivity contribution in [3.63, 3.8) is 0 Å². The summed E-state index contributed by atoms with van der Waals surface area (Å²) in [6.07, 6.45) is 0.0899. The normalized spacial score (nSPS) is 10.9. The second-order valence-corrected chi connectivity index (χ2v) is 5.84. The van der Waals surface area contributed by atoms with Crippen molar-refractivity contribution in [3.05, 3.63) is 21.9 Å². The maximum absolute atomic E-state index is 5.80. The van der Waals surface area contributed by atoms with Crippen LogP contribution < -0.4 is 15.8 Å². The topological polar surface area (TPSA) is 60.2 Å². The van der Waals surface area contributed by atoms with E-state index in [-0.39, 0.29) is 6.10 Å². The lowest BCUT2D eigenvalue weighted by Gasteiger charge is -2.11. The lowest BCUT2D eigenvalue weighted by atomic mass is 10.2. The maximum atomic E-state index is 5.80. The molecule has 98 valence electrons. The van der Waals surface area contributed by atoms with Gasteiger partial charge in [0.1, 0.15) is 0 Å². The van der Waals surface area contributed by atoms with E-state index in [1.165, 1.54) is 22.7 Å². The summed E-state index contributed by atoms with van der Waals surface area (Å²) in [5, 5.41) is 8.53. The summed E-state index contributed by atoms with van der Waals surface area (Å²) in [4.78, 5) is 0. The Bertz CT molecular complexity index is 519. The summed E-state index contributed by atoms with van der Waals surface area (Å²) >= 11 is 3.05. The average Bonchev–Trinajstić information content (AvgIpc) is 2.85. The molecule has 0 aliphatic heterocycles. The van der Waals surface area contributed by atoms with Crippen molar-refractivity contribution in [2.24, 2.45) is 0 Å². The first-order valence-corrected chi connectivity index (χ1v) is 7.47. The predicted octanol–water partition coefficient (Wildman–Crippen LogP) is 3.49. The van der Waals surface area contributed by atoms with Crippen molar-refractivity contribution >= 4 is 33.7 Å². The standard InChI is InChI=1S/C12H17N3OS2/c1-7(2)16-10-11(13)15-18-12(10)14-4-9-6-17-5-8(9)3/h5-7,14H,4H2,1-3H3,(H2,13,15). The second-order valence-electron chi connectivity index (χ2n) is 4.33. The van der Waals surface area contributed by atoms with Crippen LogP contribution in [0.25, 0.3) is 0 Å². The molecule has 0 spiro atoms. The summed E-state index contributed by atoms with van der Waals surface area (Å²) in [6, 6.07) is 0. The van der Waals surface area contributed by atoms with E-state index in [1.807, 2.05) is 13.8 Å². The van der Waals surface area contributed by atoms with Crippen molar-refractivity contribution < 1.29 is 4.74 Å². The number of nitrogen functional groups attached to an aromatic ring is 1. The third-order valence-electron chi connectivity index (χ3n) is 2.43. The molecule has 0 unspecified atom stereocenters. The Morgan fingerprint density at radius 2 is 2.22 bits per heavy atom. The molecule has 6 heteroatoms. The van der Waals surface area contributed by atoms with E-state index in [9.17, 15) is 0 Å². The monoisotopic (exact) mass is 283 g/mol. The van der Waals surface area contributed by atoms with Crippen LogP contribution in [0.3, 0.4) is 0 Å². The molecule has 0 saturated heterocycles. The fourth-order valence-electron chi connectivity index (χ4n) is 1.50. The molecular formula is C12H17N3OS2. The van der Waals surface area contributed by atoms with Gasteiger partial charge >= 0.3 is 0 Å². The Morgan fingerprint density at radius 3 is 2.83 bits per heavy atom. The van der Waals surface area contributed by atoms with Crippen LogP contribution in [0.5, 0.6) is 5.75 Å². The summed E-state index contributed by atoms with van der Waals surface area (Å²) < 4.78 is 9.81. The van der Waals surface area contributed by atoms with Gasteiger partial charge in [0, 0.05) is 6.54 Å². The number of nitrogens with one attached hydrogen (secondary N) is 1. The summed E-state index contributed by atoms with van der Waals surface area (Å²) in [6.45, 7) is 6.83. The predicted molar refractivity (Wildman–Crippen MR) is 78.7 cm³/mol. The Labute approximate surface area is 115 Å². The molecule has 0 atom stereocenters. The highest BCUT2D eigenvalue weighted by molar-refractivity contribution is 7.11. The average molecular weight is 283 g/mol. The van der Waals surface area contributed by atoms with E-state index in [2.05, 4.69) is 27.4 Å². The van der Waals surface area contributed by atoms with Gasteiger partial charge in [-0.2, -0.15) is 15.7 Å². The fraction of sp³-hybridized carbons (Fsp3) is 0.417. The van der Waals surface area contributed by atoms with Crippen molar-refractivity contribution in [2.45, 2.75) is 33.4 Å². The van der Waals surface area contributed by atoms with Crippen molar-refractivity contribution in [1.82, 2.24) is 4.37 Å². The smallest absolute Gasteiger partial charge is 0.197 e. The first-order valence-electron chi connectivity index (χ1n) is 5.75. The summed E-state index contributed by atoms with van der Waals surface area (Å²) in [5.74, 6) is 1.13. The molecule has 2 heterocycles. The van der Waals surface area contributed by atoms with Crippen LogP contribution in [0.4, 0.5) is 10.8 Å². The largest absolute Gasteiger partial charge is 0.484 e. The number of aromatic nitrogens is 1. The Kier molecular flexibility index (Phi) is 4.08. The Balaban J connectivity index is 2.07. The van der Waals surface area contributed by atoms with E-state index in [4.69, 9.17) is 10.5 Å². The third kappa shape index (κ3) is 2.94. The Hall–Kier alpha value is -1.27. The molecule has 3 N–H and O–H groups in total. The maximum Gasteiger partial charge on any atom is 0.197 e. The molecule has 0 aliphatic carbocycles. The number of hydrogen-bond acceptors (Lipinski definition) is 6. The molecule has 0 radical (unpaired) electrons. The van der Waals surface area contributed by atoms with Crippen LogP contribution >= 0.6 is 22.9 Å². The molecule has 0 fully saturated rings. The zero-order valence-electron chi connectivity index (χ0n) is 10.7. The van der Waals surface area contributed by atoms with E-state index < -0.39 is 0 Å². The van der Waals surface area contributed by atoms with Gasteiger partial charge in [-0.15, -0.1) is 0 Å². The molecular weight excluding hydrogens is 266 g/mol. The molecule has 0 aliphatic rings. The molecule has 4 nitrogen and oxygen atoms in total. The van der Waals surface area contributed by atoms with Gasteiger partial charge < -0.3 is 15.8 Å². The molecule has 2 aromatic rings. The highest BCUT2D eigenvalue weighted by atomic mass is 32.1. The van der Waals surface area contributed by atoms with Gasteiger partial charge in [0.05, 0.1) is 6.10 Å². The van der Waals surface area contributed by atoms with Gasteiger partial charge in [0.15, 0.2) is 16.6 Å². The summed E-state index contributed by atoms with van der Waals surface area (Å²) in [7, 11) is 0. The van der Waals surface area contributed by atoms with Crippen LogP contribution in [-0.4, -0.2) is 10.5 Å². The SMILES string of the molecule is Cc1cscc1CNc1snc(N)c1OC(C)C. The Morgan fingerprint density at radius 1 is 1.44 bits per heavy atom. The van der Waals surface area contributed by atoms with Gasteiger partial charge in [-0.25, -0.2) is 0 Å². The number of aryl methyl sites for hydroxylation is 1. The van der Waals surface area contributed by atoms with Gasteiger partial charge in [-0.1, -0.05) is 0 Å². The first kappa shape index (κ1) is 13.2. The zero-order valence-corrected chi connectivity index (χ0v) is 12.3. The summed E-state index contributed by atoms with van der Waals surface area (Å²) in [5.41, 5.74) is 8.40. The van der Waals surface area contributed by atoms with Gasteiger partial charge in [-0.05, 0) is 54.2 Å². The fourth-order valence-corrected chi connectivity index (χ4v) is 3.00. The third-order valence-corrected chi connectivity index (χ3v) is 4.14. The van der Waals surface area contributed by atoms with Crippen molar-refractivity contribution in [2.75, 3.05) is 11.1 Å². The van der Waals surface area contributed by atoms with Crippen LogP contribution in [-0.2, 0) is 6.54 Å². The van der Waals surface area contributed by atoms with Crippen LogP contribution in [0.2, 0.25) is 0 Å². The van der Waals surface area contributed by atoms with Gasteiger partial charge in [0.2, 0.25) is 0 Å². The minimum atomic E-state index is 0.0899. The quantitative estimate of drug-likeness (QED) is 0.881. The molecule has 0 aromatic carbocycles. The number of hydrogen-bond donors (Lipinski definition) is 2. The minimum absolute atomic E-state index is 0.0899. The van der Waals surface area contributed by atoms with E-state index in [0.29, 0.717) is 11.6 Å². The molecule has 18 heavy (non-hydrogen) atoms. The molecule has 2 rings (SSSR count). The number of ether oxygens (including phenoxy) is 1. The molecule has 0 amide bonds. The van der Waals surface area contributed by atoms with Crippen molar-refractivity contribution in [1.29, 1.82) is 0 Å². The van der Waals surface area contributed by atoms with Gasteiger partial charge in [-0.3, -0.25) is 0 Å². The van der Waals surface area contributed by atoms with Gasteiger partial charge in [0.25, 0.3) is 0 Å². The highest BCUT2D eigenvalue weighted by Gasteiger charge is 2.14. The lowest BCUT2D eigenvalue weighted by molar-refractivity contribution is 0.245. The number of nitrogens with two attached hydrogens (primary N) is 1. The first-order chi connectivity index (χ1) is 8.58. The van der Waals surface area contributed by atoms with Crippen LogP contribution in [0, 0.1) is 6.92 Å². The lowest BCUT2D eigenvalue weighted by Crippen LogP contribution is -2.08. The van der Waals surface area contributed by atoms with Crippen LogP contribution in [0.1, 0.15) is 25.0 Å². The highest BCUT2D eigenvalue weighted by Crippen LogP contribution is 2.36. The number of thiophene rings is 1. The second kappa shape index (κ2) is 5.58. The van der Waals surface area contributed by atoms with E-state index >= 15 is 0 Å². The molecule has 2 aromatic heterocycles. The minimum Gasteiger partial charge on any atom is -0.484 e. The molecule has 0 saturated carbocycles. The van der Waals surface area contributed by atoms with Crippen molar-refractivity contribution in [3.8, 4) is 5.75 Å². The number of rotatable bonds is 5. The molecule has 0 bridgehead atoms. The number of nitrogens with zero attached hydrogens (tertiary/aromatic N) is 1.